The number of carbonyl (C=O) groups excluding carboxylic acids is 1. The lowest BCUT2D eigenvalue weighted by atomic mass is 10.1. The summed E-state index contributed by atoms with van der Waals surface area (Å²) < 4.78 is 30.1. The van der Waals surface area contributed by atoms with Crippen molar-refractivity contribution in [1.29, 1.82) is 0 Å². The number of ether oxygens (including phenoxy) is 2. The van der Waals surface area contributed by atoms with Gasteiger partial charge in [-0.05, 0) is 43.7 Å². The number of likely N-dealkylation sites (tertiary alicyclic amines) is 1. The van der Waals surface area contributed by atoms with Crippen LogP contribution in [-0.4, -0.2) is 40.7 Å². The van der Waals surface area contributed by atoms with Crippen LogP contribution < -0.4 is 9.47 Å². The lowest BCUT2D eigenvalue weighted by molar-refractivity contribution is -0.128. The van der Waals surface area contributed by atoms with E-state index in [2.05, 4.69) is 10.1 Å². The summed E-state index contributed by atoms with van der Waals surface area (Å²) in [4.78, 5) is 18.8. The molecule has 1 aliphatic heterocycles. The quantitative estimate of drug-likeness (QED) is 0.539. The molecule has 8 heteroatoms. The topological polar surface area (TPSA) is 77.7 Å². The molecule has 1 saturated heterocycles. The summed E-state index contributed by atoms with van der Waals surface area (Å²) in [5.41, 5.74) is 1.49. The van der Waals surface area contributed by atoms with Crippen LogP contribution in [0.4, 0.5) is 4.39 Å². The molecule has 0 spiro atoms. The molecule has 1 fully saturated rings. The summed E-state index contributed by atoms with van der Waals surface area (Å²) >= 11 is 0. The van der Waals surface area contributed by atoms with Crippen LogP contribution in [0.3, 0.4) is 0 Å². The Morgan fingerprint density at radius 3 is 2.71 bits per heavy atom. The summed E-state index contributed by atoms with van der Waals surface area (Å²) in [6.07, 6.45) is 0.292. The Morgan fingerprint density at radius 1 is 1.13 bits per heavy atom. The normalized spacial score (nSPS) is 16.0. The minimum absolute atomic E-state index is 0.0161. The Bertz CT molecular complexity index is 1070. The molecule has 0 radical (unpaired) electrons. The van der Waals surface area contributed by atoms with Crippen LogP contribution in [0.1, 0.15) is 37.6 Å². The van der Waals surface area contributed by atoms with Crippen LogP contribution in [0.2, 0.25) is 0 Å². The highest BCUT2D eigenvalue weighted by Gasteiger charge is 2.34. The van der Waals surface area contributed by atoms with Crippen LogP contribution in [0.15, 0.2) is 47.0 Å². The standard InChI is InChI=1S/C23H24FN3O4/c1-3-29-19-9-8-15(10-20(19)30-4-2)13-27-14-17(12-21(27)28)23-25-22(26-31-23)16-6-5-7-18(24)11-16/h5-11,17H,3-4,12-14H2,1-2H3. The molecular weight excluding hydrogens is 401 g/mol. The third-order valence-electron chi connectivity index (χ3n) is 5.07. The minimum Gasteiger partial charge on any atom is -0.490 e. The molecule has 162 valence electrons. The van der Waals surface area contributed by atoms with Crippen molar-refractivity contribution < 1.29 is 23.2 Å². The van der Waals surface area contributed by atoms with Gasteiger partial charge in [-0.2, -0.15) is 4.98 Å². The maximum Gasteiger partial charge on any atom is 0.232 e. The molecule has 1 unspecified atom stereocenters. The van der Waals surface area contributed by atoms with Crippen LogP contribution in [0, 0.1) is 5.82 Å². The second kappa shape index (κ2) is 9.16. The van der Waals surface area contributed by atoms with Gasteiger partial charge in [0.25, 0.3) is 0 Å². The smallest absolute Gasteiger partial charge is 0.232 e. The van der Waals surface area contributed by atoms with Crippen molar-refractivity contribution in [1.82, 2.24) is 15.0 Å². The van der Waals surface area contributed by atoms with Gasteiger partial charge in [0.1, 0.15) is 5.82 Å². The molecule has 7 nitrogen and oxygen atoms in total. The van der Waals surface area contributed by atoms with Gasteiger partial charge in [-0.3, -0.25) is 4.79 Å². The van der Waals surface area contributed by atoms with Crippen molar-refractivity contribution in [2.45, 2.75) is 32.7 Å². The van der Waals surface area contributed by atoms with Gasteiger partial charge >= 0.3 is 0 Å². The first kappa shape index (κ1) is 20.8. The highest BCUT2D eigenvalue weighted by atomic mass is 19.1. The number of hydrogen-bond donors (Lipinski definition) is 0. The number of aromatic nitrogens is 2. The van der Waals surface area contributed by atoms with Gasteiger partial charge in [0.2, 0.25) is 17.6 Å². The van der Waals surface area contributed by atoms with Gasteiger partial charge in [-0.1, -0.05) is 23.4 Å². The molecule has 1 aliphatic rings. The molecule has 1 amide bonds. The summed E-state index contributed by atoms with van der Waals surface area (Å²) in [6, 6.07) is 11.7. The number of benzene rings is 2. The SMILES string of the molecule is CCOc1ccc(CN2CC(c3nc(-c4cccc(F)c4)no3)CC2=O)cc1OCC. The highest BCUT2D eigenvalue weighted by Crippen LogP contribution is 2.32. The van der Waals surface area contributed by atoms with Crippen LogP contribution in [0.5, 0.6) is 11.5 Å². The van der Waals surface area contributed by atoms with E-state index in [0.717, 1.165) is 5.56 Å². The van der Waals surface area contributed by atoms with Gasteiger partial charge in [0.15, 0.2) is 11.5 Å². The molecular formula is C23H24FN3O4. The fraction of sp³-hybridized carbons (Fsp3) is 0.348. The number of halogens is 1. The van der Waals surface area contributed by atoms with Crippen LogP contribution >= 0.6 is 0 Å². The van der Waals surface area contributed by atoms with Crippen molar-refractivity contribution >= 4 is 5.91 Å². The van der Waals surface area contributed by atoms with Gasteiger partial charge in [0.05, 0.1) is 19.1 Å². The average Bonchev–Trinajstić information content (AvgIpc) is 3.38. The van der Waals surface area contributed by atoms with Gasteiger partial charge in [0, 0.05) is 25.1 Å². The van der Waals surface area contributed by atoms with Crippen molar-refractivity contribution in [3.05, 3.63) is 59.7 Å². The Kier molecular flexibility index (Phi) is 6.16. The van der Waals surface area contributed by atoms with E-state index in [0.29, 0.717) is 61.5 Å². The van der Waals surface area contributed by atoms with Gasteiger partial charge in [-0.25, -0.2) is 4.39 Å². The molecule has 2 aromatic carbocycles. The van der Waals surface area contributed by atoms with Crippen LogP contribution in [0.25, 0.3) is 11.4 Å². The number of nitrogens with zero attached hydrogens (tertiary/aromatic N) is 3. The Balaban J connectivity index is 1.46. The largest absolute Gasteiger partial charge is 0.490 e. The average molecular weight is 425 g/mol. The van der Waals surface area contributed by atoms with Crippen molar-refractivity contribution in [2.24, 2.45) is 0 Å². The maximum absolute atomic E-state index is 13.5. The molecule has 0 bridgehead atoms. The first-order chi connectivity index (χ1) is 15.1. The van der Waals surface area contributed by atoms with E-state index in [1.54, 1.807) is 17.0 Å². The molecule has 0 aliphatic carbocycles. The zero-order valence-electron chi connectivity index (χ0n) is 17.5. The Labute approximate surface area is 179 Å². The summed E-state index contributed by atoms with van der Waals surface area (Å²) in [5, 5.41) is 3.95. The van der Waals surface area contributed by atoms with E-state index in [1.807, 2.05) is 32.0 Å². The molecule has 31 heavy (non-hydrogen) atoms. The number of carbonyl (C=O) groups is 1. The zero-order valence-corrected chi connectivity index (χ0v) is 17.5. The second-order valence-electron chi connectivity index (χ2n) is 7.29. The lowest BCUT2D eigenvalue weighted by Gasteiger charge is -2.18. The number of amides is 1. The van der Waals surface area contributed by atoms with E-state index < -0.39 is 0 Å². The minimum atomic E-state index is -0.368. The molecule has 1 aromatic heterocycles. The fourth-order valence-corrected chi connectivity index (χ4v) is 3.65. The van der Waals surface area contributed by atoms with Gasteiger partial charge < -0.3 is 18.9 Å². The van der Waals surface area contributed by atoms with Crippen LogP contribution in [-0.2, 0) is 11.3 Å². The monoisotopic (exact) mass is 425 g/mol. The first-order valence-electron chi connectivity index (χ1n) is 10.3. The third-order valence-corrected chi connectivity index (χ3v) is 5.07. The molecule has 0 N–H and O–H groups in total. The highest BCUT2D eigenvalue weighted by molar-refractivity contribution is 5.79. The van der Waals surface area contributed by atoms with Gasteiger partial charge in [-0.15, -0.1) is 0 Å². The zero-order chi connectivity index (χ0) is 21.8. The predicted octanol–water partition coefficient (Wildman–Crippen LogP) is 4.19. The fourth-order valence-electron chi connectivity index (χ4n) is 3.65. The lowest BCUT2D eigenvalue weighted by Crippen LogP contribution is -2.24. The van der Waals surface area contributed by atoms with Crippen molar-refractivity contribution in [3.8, 4) is 22.9 Å². The summed E-state index contributed by atoms with van der Waals surface area (Å²) in [5.74, 6) is 1.51. The Morgan fingerprint density at radius 2 is 1.94 bits per heavy atom. The second-order valence-corrected chi connectivity index (χ2v) is 7.29. The summed E-state index contributed by atoms with van der Waals surface area (Å²) in [6.45, 7) is 5.84. The first-order valence-corrected chi connectivity index (χ1v) is 10.3. The number of hydrogen-bond acceptors (Lipinski definition) is 6. The molecule has 0 saturated carbocycles. The van der Waals surface area contributed by atoms with E-state index in [-0.39, 0.29) is 17.6 Å². The molecule has 2 heterocycles. The van der Waals surface area contributed by atoms with E-state index >= 15 is 0 Å². The number of rotatable bonds is 8. The Hall–Kier alpha value is -3.42. The molecule has 3 aromatic rings. The summed E-state index contributed by atoms with van der Waals surface area (Å²) in [7, 11) is 0. The van der Waals surface area contributed by atoms with Crippen molar-refractivity contribution in [2.75, 3.05) is 19.8 Å². The van der Waals surface area contributed by atoms with E-state index in [9.17, 15) is 9.18 Å². The molecule has 1 atom stereocenters. The molecule has 4 rings (SSSR count). The van der Waals surface area contributed by atoms with E-state index in [1.165, 1.54) is 12.1 Å². The maximum atomic E-state index is 13.5. The third kappa shape index (κ3) is 4.68. The van der Waals surface area contributed by atoms with E-state index in [4.69, 9.17) is 14.0 Å². The van der Waals surface area contributed by atoms with Crippen molar-refractivity contribution in [3.63, 3.8) is 0 Å². The predicted molar refractivity (Wildman–Crippen MR) is 111 cm³/mol.